The molecule has 1 aliphatic heterocycles. The van der Waals surface area contributed by atoms with Crippen LogP contribution in [0.3, 0.4) is 0 Å². The van der Waals surface area contributed by atoms with Gasteiger partial charge in [0.05, 0.1) is 6.10 Å². The van der Waals surface area contributed by atoms with Crippen LogP contribution < -0.4 is 9.47 Å². The summed E-state index contributed by atoms with van der Waals surface area (Å²) in [7, 11) is 0. The molecule has 1 atom stereocenters. The number of aliphatic hydroxyl groups excluding tert-OH is 1. The first-order chi connectivity index (χ1) is 19.0. The van der Waals surface area contributed by atoms with Crippen LogP contribution in [0.15, 0.2) is 18.2 Å². The number of hydrogen-bond acceptors (Lipinski definition) is 7. The van der Waals surface area contributed by atoms with Crippen LogP contribution >= 0.6 is 0 Å². The van der Waals surface area contributed by atoms with Gasteiger partial charge in [0.1, 0.15) is 12.2 Å². The quantitative estimate of drug-likeness (QED) is 0.379. The Hall–Kier alpha value is -2.28. The fraction of sp³-hybridized carbons (Fsp3) is 0.750. The smallest absolute Gasteiger partial charge is 0.320 e. The largest absolute Gasteiger partial charge is 0.461 e. The molecule has 1 N–H and O–H groups in total. The fourth-order valence-corrected chi connectivity index (χ4v) is 10.3. The molecule has 1 aromatic rings. The monoisotopic (exact) mass is 536 g/mol. The fourth-order valence-electron chi connectivity index (χ4n) is 10.3. The van der Waals surface area contributed by atoms with E-state index in [4.69, 9.17) is 18.9 Å². The van der Waals surface area contributed by atoms with Crippen molar-refractivity contribution >= 4 is 11.9 Å². The molecule has 10 rings (SSSR count). The Balaban J connectivity index is 1.01. The van der Waals surface area contributed by atoms with E-state index in [1.54, 1.807) is 18.2 Å². The minimum atomic E-state index is -1.14. The maximum Gasteiger partial charge on any atom is 0.320 e. The van der Waals surface area contributed by atoms with E-state index < -0.39 is 24.0 Å². The van der Waals surface area contributed by atoms with E-state index in [9.17, 15) is 14.7 Å². The number of carbonyl (C=O) groups excluding carboxylic acids is 2. The molecule has 0 amide bonds. The Morgan fingerprint density at radius 2 is 1.18 bits per heavy atom. The van der Waals surface area contributed by atoms with Gasteiger partial charge in [0, 0.05) is 6.42 Å². The Morgan fingerprint density at radius 1 is 0.718 bits per heavy atom. The lowest BCUT2D eigenvalue weighted by molar-refractivity contribution is -0.190. The van der Waals surface area contributed by atoms with Gasteiger partial charge in [-0.1, -0.05) is 6.07 Å². The van der Waals surface area contributed by atoms with Gasteiger partial charge in [-0.3, -0.25) is 9.59 Å². The van der Waals surface area contributed by atoms with Crippen LogP contribution in [0.4, 0.5) is 0 Å². The van der Waals surface area contributed by atoms with Crippen LogP contribution in [-0.2, 0) is 19.1 Å². The third kappa shape index (κ3) is 4.34. The van der Waals surface area contributed by atoms with Crippen LogP contribution in [-0.4, -0.2) is 36.0 Å². The molecule has 7 nitrogen and oxygen atoms in total. The molecular formula is C32H40O7. The first-order valence-corrected chi connectivity index (χ1v) is 15.5. The lowest BCUT2D eigenvalue weighted by atomic mass is 9.55. The second-order valence-corrected chi connectivity index (χ2v) is 14.1. The van der Waals surface area contributed by atoms with E-state index in [2.05, 4.69) is 0 Å². The minimum Gasteiger partial charge on any atom is -0.461 e. The molecule has 0 spiro atoms. The summed E-state index contributed by atoms with van der Waals surface area (Å²) in [6.45, 7) is 0.146. The van der Waals surface area contributed by atoms with E-state index in [0.717, 1.165) is 75.0 Å². The third-order valence-corrected chi connectivity index (χ3v) is 11.6. The summed E-state index contributed by atoms with van der Waals surface area (Å²) in [5, 5.41) is 11.2. The van der Waals surface area contributed by atoms with Crippen LogP contribution in [0.2, 0.25) is 0 Å². The van der Waals surface area contributed by atoms with Crippen molar-refractivity contribution in [2.24, 2.45) is 53.3 Å². The number of carbonyl (C=O) groups is 2. The Labute approximate surface area is 229 Å². The number of benzene rings is 1. The zero-order valence-electron chi connectivity index (χ0n) is 22.5. The van der Waals surface area contributed by atoms with Gasteiger partial charge in [-0.25, -0.2) is 0 Å². The first kappa shape index (κ1) is 24.5. The summed E-state index contributed by atoms with van der Waals surface area (Å²) in [4.78, 5) is 27.6. The van der Waals surface area contributed by atoms with Crippen LogP contribution in [0.25, 0.3) is 0 Å². The normalized spacial score (nSPS) is 41.9. The second-order valence-electron chi connectivity index (χ2n) is 14.1. The van der Waals surface area contributed by atoms with E-state index in [0.29, 0.717) is 40.7 Å². The maximum atomic E-state index is 13.8. The van der Waals surface area contributed by atoms with Crippen molar-refractivity contribution in [2.45, 2.75) is 88.9 Å². The van der Waals surface area contributed by atoms with Gasteiger partial charge >= 0.3 is 11.9 Å². The molecule has 39 heavy (non-hydrogen) atoms. The summed E-state index contributed by atoms with van der Waals surface area (Å²) in [6.07, 6.45) is 10.4. The number of hydrogen-bond donors (Lipinski definition) is 1. The molecule has 7 heteroatoms. The first-order valence-electron chi connectivity index (χ1n) is 15.5. The highest BCUT2D eigenvalue weighted by Gasteiger charge is 2.53. The van der Waals surface area contributed by atoms with Gasteiger partial charge in [-0.05, 0) is 129 Å². The predicted octanol–water partition coefficient (Wildman–Crippen LogP) is 5.19. The van der Waals surface area contributed by atoms with Gasteiger partial charge in [-0.2, -0.15) is 0 Å². The third-order valence-electron chi connectivity index (χ3n) is 11.6. The number of esters is 2. The lowest BCUT2D eigenvalue weighted by Gasteiger charge is -2.54. The average Bonchev–Trinajstić information content (AvgIpc) is 3.38. The summed E-state index contributed by atoms with van der Waals surface area (Å²) < 4.78 is 23.3. The molecule has 8 saturated carbocycles. The highest BCUT2D eigenvalue weighted by Crippen LogP contribution is 2.56. The lowest BCUT2D eigenvalue weighted by Crippen LogP contribution is -2.52. The van der Waals surface area contributed by atoms with Gasteiger partial charge in [0.15, 0.2) is 17.4 Å². The number of ether oxygens (including phenoxy) is 4. The van der Waals surface area contributed by atoms with Crippen molar-refractivity contribution in [1.82, 2.24) is 0 Å². The van der Waals surface area contributed by atoms with Crippen molar-refractivity contribution in [3.8, 4) is 11.5 Å². The van der Waals surface area contributed by atoms with Gasteiger partial charge in [-0.15, -0.1) is 0 Å². The van der Waals surface area contributed by atoms with Crippen LogP contribution in [0, 0.1) is 53.3 Å². The SMILES string of the molecule is O=C(OC1C2CC3CC(C2)CC1C3)C(C[C@H](O)c1ccc2c(c1)OCO2)C(=O)OC1C2CC3CC(C2)CC1C3. The van der Waals surface area contributed by atoms with E-state index in [1.807, 2.05) is 0 Å². The Kier molecular flexibility index (Phi) is 5.90. The molecule has 1 heterocycles. The van der Waals surface area contributed by atoms with Gasteiger partial charge < -0.3 is 24.1 Å². The molecule has 1 aromatic carbocycles. The standard InChI is InChI=1S/C32H40O7/c33-26(20-1-2-27-28(13-20)37-15-36-27)14-25(31(34)38-29-21-5-16-3-17(7-21)8-22(29)6-16)32(35)39-30-23-9-18-4-19(11-23)12-24(30)10-18/h1-2,13,16-19,21-26,29-30,33H,3-12,14-15H2/t16?,17?,18?,19?,21?,22?,23?,24?,25?,26-,29?,30?/m0/s1. The zero-order valence-corrected chi connectivity index (χ0v) is 22.5. The summed E-state index contributed by atoms with van der Waals surface area (Å²) in [6, 6.07) is 5.26. The molecule has 0 radical (unpaired) electrons. The number of aliphatic hydroxyl groups is 1. The Bertz CT molecular complexity index is 1030. The molecule has 0 saturated heterocycles. The van der Waals surface area contributed by atoms with Crippen molar-refractivity contribution < 1.29 is 33.6 Å². The molecule has 0 unspecified atom stereocenters. The molecule has 8 aliphatic carbocycles. The topological polar surface area (TPSA) is 91.3 Å². The van der Waals surface area contributed by atoms with Crippen molar-refractivity contribution in [1.29, 1.82) is 0 Å². The van der Waals surface area contributed by atoms with E-state index >= 15 is 0 Å². The minimum absolute atomic E-state index is 0.0576. The van der Waals surface area contributed by atoms with Crippen molar-refractivity contribution in [3.05, 3.63) is 23.8 Å². The van der Waals surface area contributed by atoms with Gasteiger partial charge in [0.25, 0.3) is 0 Å². The Morgan fingerprint density at radius 3 is 1.67 bits per heavy atom. The highest BCUT2D eigenvalue weighted by atomic mass is 16.7. The second kappa shape index (κ2) is 9.39. The van der Waals surface area contributed by atoms with Crippen LogP contribution in [0.5, 0.6) is 11.5 Å². The van der Waals surface area contributed by atoms with Crippen molar-refractivity contribution in [2.75, 3.05) is 6.79 Å². The van der Waals surface area contributed by atoms with Crippen molar-refractivity contribution in [3.63, 3.8) is 0 Å². The maximum absolute atomic E-state index is 13.8. The van der Waals surface area contributed by atoms with E-state index in [1.165, 1.54) is 12.8 Å². The molecular weight excluding hydrogens is 496 g/mol. The summed E-state index contributed by atoms with van der Waals surface area (Å²) >= 11 is 0. The number of fused-ring (bicyclic) bond motifs is 1. The molecule has 210 valence electrons. The summed E-state index contributed by atoms with van der Waals surface area (Å²) in [5.74, 6) is 3.75. The predicted molar refractivity (Wildman–Crippen MR) is 139 cm³/mol. The average molecular weight is 537 g/mol. The van der Waals surface area contributed by atoms with Crippen LogP contribution in [0.1, 0.15) is 82.3 Å². The van der Waals surface area contributed by atoms with Gasteiger partial charge in [0.2, 0.25) is 6.79 Å². The molecule has 8 fully saturated rings. The molecule has 8 bridgehead atoms. The summed E-state index contributed by atoms with van der Waals surface area (Å²) in [5.41, 5.74) is 0.592. The zero-order chi connectivity index (χ0) is 26.2. The highest BCUT2D eigenvalue weighted by molar-refractivity contribution is 5.95. The van der Waals surface area contributed by atoms with E-state index in [-0.39, 0.29) is 25.4 Å². The molecule has 9 aliphatic rings. The number of rotatable bonds is 7. The molecule has 0 aromatic heterocycles.